The number of rotatable bonds is 3. The number of carbonyl (C=O) groups excluding carboxylic acids is 2. The lowest BCUT2D eigenvalue weighted by molar-refractivity contribution is -0.142. The van der Waals surface area contributed by atoms with E-state index in [1.165, 1.54) is 0 Å². The second-order valence-corrected chi connectivity index (χ2v) is 2.96. The molecule has 2 amide bonds. The lowest BCUT2D eigenvalue weighted by Crippen LogP contribution is -2.40. The van der Waals surface area contributed by atoms with Gasteiger partial charge in [0.15, 0.2) is 0 Å². The van der Waals surface area contributed by atoms with Gasteiger partial charge in [0.05, 0.1) is 11.9 Å². The third-order valence-electron chi connectivity index (χ3n) is 2.04. The average molecular weight is 203 g/mol. The molecule has 0 atom stereocenters. The lowest BCUT2D eigenvalue weighted by Gasteiger charge is -2.17. The molecule has 0 aliphatic carbocycles. The van der Waals surface area contributed by atoms with Crippen molar-refractivity contribution in [3.63, 3.8) is 0 Å². The minimum atomic E-state index is 0.529. The highest BCUT2D eigenvalue weighted by Gasteiger charge is 2.19. The van der Waals surface area contributed by atoms with Gasteiger partial charge in [-0.2, -0.15) is 5.12 Å². The second kappa shape index (κ2) is 3.83. The van der Waals surface area contributed by atoms with Crippen molar-refractivity contribution in [1.29, 1.82) is 0 Å². The Hall–Kier alpha value is -2.30. The van der Waals surface area contributed by atoms with Gasteiger partial charge in [-0.15, -0.1) is 0 Å². The van der Waals surface area contributed by atoms with Gasteiger partial charge in [-0.1, -0.05) is 30.3 Å². The Balaban J connectivity index is 2.26. The van der Waals surface area contributed by atoms with Gasteiger partial charge >= 0.3 is 0 Å². The number of amides is 2. The van der Waals surface area contributed by atoms with Crippen LogP contribution in [0.1, 0.15) is 5.56 Å². The molecule has 0 bridgehead atoms. The summed E-state index contributed by atoms with van der Waals surface area (Å²) in [6, 6.07) is 9.43. The molecule has 0 fully saturated rings. The molecular formula is C10H9N3O2. The van der Waals surface area contributed by atoms with E-state index in [4.69, 9.17) is 0 Å². The first-order chi connectivity index (χ1) is 7.35. The predicted octanol–water partition coefficient (Wildman–Crippen LogP) is 0.335. The number of hydrazine groups is 2. The van der Waals surface area contributed by atoms with Crippen molar-refractivity contribution in [3.05, 3.63) is 42.1 Å². The van der Waals surface area contributed by atoms with Crippen LogP contribution in [0.2, 0.25) is 0 Å². The molecule has 0 aromatic heterocycles. The molecule has 1 heterocycles. The zero-order valence-corrected chi connectivity index (χ0v) is 7.83. The van der Waals surface area contributed by atoms with E-state index in [9.17, 15) is 9.59 Å². The van der Waals surface area contributed by atoms with Gasteiger partial charge in [0.1, 0.15) is 0 Å². The van der Waals surface area contributed by atoms with Gasteiger partial charge in [-0.25, -0.2) is 5.01 Å². The summed E-state index contributed by atoms with van der Waals surface area (Å²) in [4.78, 5) is 21.2. The van der Waals surface area contributed by atoms with Gasteiger partial charge < -0.3 is 0 Å². The fourth-order valence-corrected chi connectivity index (χ4v) is 1.32. The maximum atomic E-state index is 10.6. The van der Waals surface area contributed by atoms with Crippen LogP contribution in [0.5, 0.6) is 0 Å². The van der Waals surface area contributed by atoms with Crippen LogP contribution in [-0.4, -0.2) is 22.9 Å². The summed E-state index contributed by atoms with van der Waals surface area (Å²) in [5, 5.41) is 2.20. The molecule has 5 heteroatoms. The van der Waals surface area contributed by atoms with Crippen LogP contribution in [0.4, 0.5) is 0 Å². The highest BCUT2D eigenvalue weighted by Crippen LogP contribution is 2.17. The molecule has 1 aliphatic heterocycles. The molecule has 0 saturated heterocycles. The summed E-state index contributed by atoms with van der Waals surface area (Å²) in [6.07, 6.45) is 2.63. The third-order valence-corrected chi connectivity index (χ3v) is 2.04. The topological polar surface area (TPSA) is 52.7 Å². The van der Waals surface area contributed by atoms with Crippen molar-refractivity contribution in [2.45, 2.75) is 0 Å². The number of hydrogen-bond acceptors (Lipinski definition) is 3. The van der Waals surface area contributed by atoms with Crippen LogP contribution >= 0.6 is 0 Å². The molecule has 15 heavy (non-hydrogen) atoms. The number of nitrogens with one attached hydrogen (secondary N) is 1. The monoisotopic (exact) mass is 203 g/mol. The Morgan fingerprint density at radius 1 is 1.07 bits per heavy atom. The van der Waals surface area contributed by atoms with Gasteiger partial charge in [0.2, 0.25) is 12.8 Å². The van der Waals surface area contributed by atoms with Crippen LogP contribution in [0.3, 0.4) is 0 Å². The molecule has 76 valence electrons. The molecule has 0 saturated carbocycles. The first-order valence-electron chi connectivity index (χ1n) is 4.37. The minimum Gasteiger partial charge on any atom is -0.276 e. The Kier molecular flexibility index (Phi) is 2.37. The van der Waals surface area contributed by atoms with Crippen molar-refractivity contribution < 1.29 is 9.59 Å². The molecule has 2 rings (SSSR count). The average Bonchev–Trinajstić information content (AvgIpc) is 2.73. The summed E-state index contributed by atoms with van der Waals surface area (Å²) in [6.45, 7) is 0. The summed E-state index contributed by atoms with van der Waals surface area (Å²) in [7, 11) is 0. The van der Waals surface area contributed by atoms with Crippen LogP contribution < -0.4 is 5.43 Å². The Bertz CT molecular complexity index is 402. The summed E-state index contributed by atoms with van der Waals surface area (Å²) < 4.78 is 0. The van der Waals surface area contributed by atoms with E-state index in [0.717, 1.165) is 15.7 Å². The molecule has 0 radical (unpaired) electrons. The van der Waals surface area contributed by atoms with E-state index in [0.29, 0.717) is 18.5 Å². The number of benzene rings is 1. The smallest absolute Gasteiger partial charge is 0.248 e. The number of carbonyl (C=O) groups is 2. The van der Waals surface area contributed by atoms with Crippen LogP contribution in [0.25, 0.3) is 5.70 Å². The standard InChI is InChI=1S/C10H9N3O2/c14-7-12-6-10(11-13(12)8-15)9-4-2-1-3-5-9/h1-8,11H. The van der Waals surface area contributed by atoms with E-state index in [-0.39, 0.29) is 0 Å². The van der Waals surface area contributed by atoms with Crippen molar-refractivity contribution in [2.75, 3.05) is 0 Å². The Morgan fingerprint density at radius 3 is 2.33 bits per heavy atom. The van der Waals surface area contributed by atoms with E-state index in [1.807, 2.05) is 30.3 Å². The molecule has 0 spiro atoms. The lowest BCUT2D eigenvalue weighted by atomic mass is 10.2. The fraction of sp³-hybridized carbons (Fsp3) is 0. The van der Waals surface area contributed by atoms with E-state index < -0.39 is 0 Å². The molecule has 1 aromatic rings. The van der Waals surface area contributed by atoms with Crippen LogP contribution in [0, 0.1) is 0 Å². The molecule has 1 N–H and O–H groups in total. The van der Waals surface area contributed by atoms with Crippen molar-refractivity contribution in [1.82, 2.24) is 15.6 Å². The largest absolute Gasteiger partial charge is 0.276 e. The molecule has 1 aromatic carbocycles. The summed E-state index contributed by atoms with van der Waals surface area (Å²) in [5.41, 5.74) is 4.39. The van der Waals surface area contributed by atoms with E-state index >= 15 is 0 Å². The predicted molar refractivity (Wildman–Crippen MR) is 53.4 cm³/mol. The Morgan fingerprint density at radius 2 is 1.80 bits per heavy atom. The summed E-state index contributed by atoms with van der Waals surface area (Å²) in [5.74, 6) is 0. The van der Waals surface area contributed by atoms with Crippen molar-refractivity contribution >= 4 is 18.5 Å². The molecule has 1 aliphatic rings. The highest BCUT2D eigenvalue weighted by atomic mass is 16.2. The van der Waals surface area contributed by atoms with Crippen LogP contribution in [0.15, 0.2) is 36.5 Å². The number of nitrogens with zero attached hydrogens (tertiary/aromatic N) is 2. The minimum absolute atomic E-state index is 0.529. The van der Waals surface area contributed by atoms with E-state index in [2.05, 4.69) is 5.43 Å². The highest BCUT2D eigenvalue weighted by molar-refractivity contribution is 5.71. The van der Waals surface area contributed by atoms with Gasteiger partial charge in [0, 0.05) is 5.56 Å². The maximum absolute atomic E-state index is 10.6. The molecule has 0 unspecified atom stereocenters. The van der Waals surface area contributed by atoms with Crippen LogP contribution in [-0.2, 0) is 9.59 Å². The third kappa shape index (κ3) is 1.67. The van der Waals surface area contributed by atoms with Gasteiger partial charge in [-0.05, 0) is 0 Å². The molecule has 5 nitrogen and oxygen atoms in total. The first-order valence-corrected chi connectivity index (χ1v) is 4.37. The zero-order chi connectivity index (χ0) is 10.7. The van der Waals surface area contributed by atoms with E-state index in [1.54, 1.807) is 6.20 Å². The maximum Gasteiger partial charge on any atom is 0.248 e. The normalized spacial score (nSPS) is 14.5. The Labute approximate surface area is 86.5 Å². The number of hydrogen-bond donors (Lipinski definition) is 1. The molecular weight excluding hydrogens is 194 g/mol. The second-order valence-electron chi connectivity index (χ2n) is 2.96. The quantitative estimate of drug-likeness (QED) is 0.720. The van der Waals surface area contributed by atoms with Gasteiger partial charge in [-0.3, -0.25) is 15.0 Å². The fourth-order valence-electron chi connectivity index (χ4n) is 1.32. The zero-order valence-electron chi connectivity index (χ0n) is 7.83. The SMILES string of the molecule is O=CN1C=C(c2ccccc2)NN1C=O. The summed E-state index contributed by atoms with van der Waals surface area (Å²) >= 11 is 0. The first kappa shape index (κ1) is 9.26. The van der Waals surface area contributed by atoms with Gasteiger partial charge in [0.25, 0.3) is 0 Å². The van der Waals surface area contributed by atoms with Crippen molar-refractivity contribution in [2.24, 2.45) is 0 Å². The van der Waals surface area contributed by atoms with Crippen molar-refractivity contribution in [3.8, 4) is 0 Å².